The van der Waals surface area contributed by atoms with Crippen molar-refractivity contribution in [3.05, 3.63) is 24.3 Å². The lowest BCUT2D eigenvalue weighted by atomic mass is 10.1. The Labute approximate surface area is 90.3 Å². The average Bonchev–Trinajstić information content (AvgIpc) is 2.62. The van der Waals surface area contributed by atoms with Gasteiger partial charge in [-0.25, -0.2) is 0 Å². The van der Waals surface area contributed by atoms with E-state index in [0.717, 1.165) is 25.4 Å². The average molecular weight is 207 g/mol. The van der Waals surface area contributed by atoms with E-state index in [-0.39, 0.29) is 5.75 Å². The van der Waals surface area contributed by atoms with E-state index < -0.39 is 0 Å². The molecule has 0 radical (unpaired) electrons. The largest absolute Gasteiger partial charge is 0.508 e. The molecule has 0 spiro atoms. The van der Waals surface area contributed by atoms with Crippen LogP contribution in [0.5, 0.6) is 11.5 Å². The maximum absolute atomic E-state index is 9.26. The molecule has 1 unspecified atom stereocenters. The summed E-state index contributed by atoms with van der Waals surface area (Å²) in [5, 5.41) is 9.26. The number of nitrogens with zero attached hydrogens (tertiary/aromatic N) is 1. The molecule has 3 heteroatoms. The summed E-state index contributed by atoms with van der Waals surface area (Å²) >= 11 is 0. The van der Waals surface area contributed by atoms with Gasteiger partial charge < -0.3 is 14.7 Å². The highest BCUT2D eigenvalue weighted by atomic mass is 16.5. The molecule has 1 aliphatic rings. The first kappa shape index (κ1) is 10.3. The van der Waals surface area contributed by atoms with Crippen LogP contribution < -0.4 is 4.74 Å². The van der Waals surface area contributed by atoms with Gasteiger partial charge in [-0.1, -0.05) is 6.07 Å². The van der Waals surface area contributed by atoms with E-state index in [1.165, 1.54) is 6.42 Å². The van der Waals surface area contributed by atoms with Gasteiger partial charge in [0.25, 0.3) is 0 Å². The first-order chi connectivity index (χ1) is 7.24. The van der Waals surface area contributed by atoms with Crippen LogP contribution in [0, 0.1) is 5.92 Å². The number of hydrogen-bond donors (Lipinski definition) is 1. The van der Waals surface area contributed by atoms with Crippen LogP contribution in [0.3, 0.4) is 0 Å². The summed E-state index contributed by atoms with van der Waals surface area (Å²) < 4.78 is 5.63. The van der Waals surface area contributed by atoms with E-state index >= 15 is 0 Å². The Morgan fingerprint density at radius 3 is 3.07 bits per heavy atom. The van der Waals surface area contributed by atoms with Gasteiger partial charge in [-0.2, -0.15) is 0 Å². The standard InChI is InChI=1S/C12H17NO2/c1-13-6-5-10(8-13)9-15-12-4-2-3-11(14)7-12/h2-4,7,10,14H,5-6,8-9H2,1H3. The number of hydrogen-bond acceptors (Lipinski definition) is 3. The van der Waals surface area contributed by atoms with Crippen LogP contribution in [0.4, 0.5) is 0 Å². The van der Waals surface area contributed by atoms with E-state index in [1.807, 2.05) is 6.07 Å². The lowest BCUT2D eigenvalue weighted by molar-refractivity contribution is 0.248. The Kier molecular flexibility index (Phi) is 3.11. The second-order valence-electron chi connectivity index (χ2n) is 4.23. The van der Waals surface area contributed by atoms with Crippen molar-refractivity contribution in [1.82, 2.24) is 4.90 Å². The Morgan fingerprint density at radius 1 is 1.53 bits per heavy atom. The van der Waals surface area contributed by atoms with Crippen LogP contribution >= 0.6 is 0 Å². The molecular weight excluding hydrogens is 190 g/mol. The molecule has 1 aromatic carbocycles. The van der Waals surface area contributed by atoms with Gasteiger partial charge in [0.15, 0.2) is 0 Å². The smallest absolute Gasteiger partial charge is 0.122 e. The third-order valence-electron chi connectivity index (χ3n) is 2.79. The SMILES string of the molecule is CN1CCC(COc2cccc(O)c2)C1. The topological polar surface area (TPSA) is 32.7 Å². The Hall–Kier alpha value is -1.22. The minimum absolute atomic E-state index is 0.260. The molecule has 1 aromatic rings. The molecule has 1 fully saturated rings. The zero-order chi connectivity index (χ0) is 10.7. The van der Waals surface area contributed by atoms with E-state index in [2.05, 4.69) is 11.9 Å². The summed E-state index contributed by atoms with van der Waals surface area (Å²) in [6.45, 7) is 3.01. The number of ether oxygens (including phenoxy) is 1. The van der Waals surface area contributed by atoms with Crippen molar-refractivity contribution in [2.45, 2.75) is 6.42 Å². The van der Waals surface area contributed by atoms with E-state index in [4.69, 9.17) is 4.74 Å². The molecule has 2 rings (SSSR count). The predicted octanol–water partition coefficient (Wildman–Crippen LogP) is 1.72. The number of likely N-dealkylation sites (tertiary alicyclic amines) is 1. The quantitative estimate of drug-likeness (QED) is 0.819. The first-order valence-electron chi connectivity index (χ1n) is 5.34. The molecule has 1 aliphatic heterocycles. The van der Waals surface area contributed by atoms with Crippen LogP contribution in [-0.4, -0.2) is 36.8 Å². The summed E-state index contributed by atoms with van der Waals surface area (Å²) in [6.07, 6.45) is 1.20. The fraction of sp³-hybridized carbons (Fsp3) is 0.500. The van der Waals surface area contributed by atoms with E-state index in [1.54, 1.807) is 18.2 Å². The van der Waals surface area contributed by atoms with Crippen LogP contribution in [0.15, 0.2) is 24.3 Å². The second-order valence-corrected chi connectivity index (χ2v) is 4.23. The van der Waals surface area contributed by atoms with Crippen LogP contribution in [0.25, 0.3) is 0 Å². The van der Waals surface area contributed by atoms with E-state index in [9.17, 15) is 5.11 Å². The zero-order valence-corrected chi connectivity index (χ0v) is 9.02. The summed E-state index contributed by atoms with van der Waals surface area (Å²) in [6, 6.07) is 6.97. The number of phenolic OH excluding ortho intramolecular Hbond substituents is 1. The maximum Gasteiger partial charge on any atom is 0.122 e. The fourth-order valence-electron chi connectivity index (χ4n) is 1.95. The minimum atomic E-state index is 0.260. The third-order valence-corrected chi connectivity index (χ3v) is 2.79. The van der Waals surface area contributed by atoms with Gasteiger partial charge >= 0.3 is 0 Å². The van der Waals surface area contributed by atoms with Crippen molar-refractivity contribution in [1.29, 1.82) is 0 Å². The van der Waals surface area contributed by atoms with Gasteiger partial charge in [0.1, 0.15) is 11.5 Å². The van der Waals surface area contributed by atoms with Gasteiger partial charge in [0.05, 0.1) is 6.61 Å². The van der Waals surface area contributed by atoms with Gasteiger partial charge in [-0.3, -0.25) is 0 Å². The first-order valence-corrected chi connectivity index (χ1v) is 5.34. The second kappa shape index (κ2) is 4.53. The number of phenols is 1. The van der Waals surface area contributed by atoms with Crippen LogP contribution in [0.1, 0.15) is 6.42 Å². The molecule has 1 N–H and O–H groups in total. The van der Waals surface area contributed by atoms with Gasteiger partial charge in [-0.05, 0) is 32.1 Å². The van der Waals surface area contributed by atoms with Crippen molar-refractivity contribution in [3.8, 4) is 11.5 Å². The van der Waals surface area contributed by atoms with Crippen LogP contribution in [-0.2, 0) is 0 Å². The van der Waals surface area contributed by atoms with E-state index in [0.29, 0.717) is 5.92 Å². The molecular formula is C12H17NO2. The van der Waals surface area contributed by atoms with Gasteiger partial charge in [-0.15, -0.1) is 0 Å². The highest BCUT2D eigenvalue weighted by Gasteiger charge is 2.19. The Bertz CT molecular complexity index is 327. The molecule has 0 bridgehead atoms. The van der Waals surface area contributed by atoms with Crippen molar-refractivity contribution in [3.63, 3.8) is 0 Å². The molecule has 0 amide bonds. The Balaban J connectivity index is 1.83. The third kappa shape index (κ3) is 2.86. The lowest BCUT2D eigenvalue weighted by Crippen LogP contribution is -2.17. The molecule has 15 heavy (non-hydrogen) atoms. The number of aromatic hydroxyl groups is 1. The fourth-order valence-corrected chi connectivity index (χ4v) is 1.95. The number of rotatable bonds is 3. The molecule has 0 aromatic heterocycles. The molecule has 1 saturated heterocycles. The lowest BCUT2D eigenvalue weighted by Gasteiger charge is -2.12. The van der Waals surface area contributed by atoms with Crippen LogP contribution in [0.2, 0.25) is 0 Å². The molecule has 1 heterocycles. The monoisotopic (exact) mass is 207 g/mol. The summed E-state index contributed by atoms with van der Waals surface area (Å²) in [5.74, 6) is 1.64. The molecule has 1 atom stereocenters. The highest BCUT2D eigenvalue weighted by molar-refractivity contribution is 5.31. The highest BCUT2D eigenvalue weighted by Crippen LogP contribution is 2.20. The maximum atomic E-state index is 9.26. The predicted molar refractivity (Wildman–Crippen MR) is 59.2 cm³/mol. The molecule has 0 saturated carbocycles. The summed E-state index contributed by atoms with van der Waals surface area (Å²) in [7, 11) is 2.13. The molecule has 3 nitrogen and oxygen atoms in total. The number of benzene rings is 1. The van der Waals surface area contributed by atoms with Crippen molar-refractivity contribution in [2.24, 2.45) is 5.92 Å². The van der Waals surface area contributed by atoms with Crippen molar-refractivity contribution >= 4 is 0 Å². The van der Waals surface area contributed by atoms with Gasteiger partial charge in [0, 0.05) is 18.5 Å². The van der Waals surface area contributed by atoms with Crippen molar-refractivity contribution < 1.29 is 9.84 Å². The Morgan fingerprint density at radius 2 is 2.40 bits per heavy atom. The normalized spacial score (nSPS) is 21.8. The minimum Gasteiger partial charge on any atom is -0.508 e. The summed E-state index contributed by atoms with van der Waals surface area (Å²) in [5.41, 5.74) is 0. The zero-order valence-electron chi connectivity index (χ0n) is 9.02. The molecule has 82 valence electrons. The van der Waals surface area contributed by atoms with Gasteiger partial charge in [0.2, 0.25) is 0 Å². The molecule has 0 aliphatic carbocycles. The van der Waals surface area contributed by atoms with Crippen molar-refractivity contribution in [2.75, 3.05) is 26.7 Å². The summed E-state index contributed by atoms with van der Waals surface area (Å²) in [4.78, 5) is 2.32.